The van der Waals surface area contributed by atoms with Crippen LogP contribution in [0, 0.1) is 5.92 Å². The van der Waals surface area contributed by atoms with Crippen LogP contribution in [0.3, 0.4) is 0 Å². The average Bonchev–Trinajstić information content (AvgIpc) is 3.16. The number of piperidine rings is 1. The fourth-order valence-corrected chi connectivity index (χ4v) is 3.38. The molecule has 4 rings (SSSR count). The zero-order chi connectivity index (χ0) is 16.8. The second-order valence-electron chi connectivity index (χ2n) is 6.63. The number of likely N-dealkylation sites (tertiary alicyclic amines) is 1. The van der Waals surface area contributed by atoms with Gasteiger partial charge in [0, 0.05) is 25.2 Å². The zero-order valence-electron chi connectivity index (χ0n) is 13.8. The van der Waals surface area contributed by atoms with Crippen LogP contribution in [-0.4, -0.2) is 38.1 Å². The second-order valence-corrected chi connectivity index (χ2v) is 6.63. The minimum absolute atomic E-state index is 0.0453. The molecule has 3 aromatic heterocycles. The maximum Gasteiger partial charge on any atom is 0.291 e. The van der Waals surface area contributed by atoms with Gasteiger partial charge in [0.25, 0.3) is 5.56 Å². The molecule has 3 aromatic rings. The van der Waals surface area contributed by atoms with Crippen molar-refractivity contribution in [2.45, 2.75) is 32.7 Å². The van der Waals surface area contributed by atoms with Gasteiger partial charge in [0.1, 0.15) is 17.9 Å². The third-order valence-corrected chi connectivity index (χ3v) is 5.00. The predicted molar refractivity (Wildman–Crippen MR) is 88.9 cm³/mol. The smallest absolute Gasteiger partial charge is 0.291 e. The number of hydrogen-bond donors (Lipinski definition) is 0. The van der Waals surface area contributed by atoms with Gasteiger partial charge < -0.3 is 9.32 Å². The van der Waals surface area contributed by atoms with Gasteiger partial charge in [-0.1, -0.05) is 6.92 Å². The molecule has 1 fully saturated rings. The van der Waals surface area contributed by atoms with Crippen LogP contribution in [0.15, 0.2) is 33.9 Å². The lowest BCUT2D eigenvalue weighted by molar-refractivity contribution is -0.136. The van der Waals surface area contributed by atoms with E-state index in [0.717, 1.165) is 31.4 Å². The Morgan fingerprint density at radius 3 is 2.83 bits per heavy atom. The van der Waals surface area contributed by atoms with Gasteiger partial charge in [-0.05, 0) is 25.7 Å². The van der Waals surface area contributed by atoms with Crippen molar-refractivity contribution in [1.82, 2.24) is 19.1 Å². The molecule has 4 heterocycles. The van der Waals surface area contributed by atoms with Crippen molar-refractivity contribution in [3.05, 3.63) is 35.1 Å². The predicted octanol–water partition coefficient (Wildman–Crippen LogP) is 2.06. The van der Waals surface area contributed by atoms with Crippen LogP contribution in [0.1, 0.15) is 32.7 Å². The minimum Gasteiger partial charge on any atom is -0.463 e. The summed E-state index contributed by atoms with van der Waals surface area (Å²) < 4.78 is 8.30. The number of furan rings is 1. The van der Waals surface area contributed by atoms with Gasteiger partial charge in [0.05, 0.1) is 11.8 Å². The van der Waals surface area contributed by atoms with Crippen molar-refractivity contribution in [2.24, 2.45) is 5.92 Å². The highest BCUT2D eigenvalue weighted by atomic mass is 16.3. The third kappa shape index (κ3) is 2.23. The van der Waals surface area contributed by atoms with Crippen molar-refractivity contribution >= 4 is 22.5 Å². The zero-order valence-corrected chi connectivity index (χ0v) is 13.8. The summed E-state index contributed by atoms with van der Waals surface area (Å²) in [6, 6.07) is 2.87. The summed E-state index contributed by atoms with van der Waals surface area (Å²) in [5.41, 5.74) is 1.61. The molecule has 0 aromatic carbocycles. The van der Waals surface area contributed by atoms with Gasteiger partial charge in [0.2, 0.25) is 5.91 Å². The summed E-state index contributed by atoms with van der Waals surface area (Å²) >= 11 is 0. The van der Waals surface area contributed by atoms with Gasteiger partial charge in [-0.3, -0.25) is 14.0 Å². The monoisotopic (exact) mass is 328 g/mol. The summed E-state index contributed by atoms with van der Waals surface area (Å²) in [5, 5.41) is 4.22. The molecule has 0 N–H and O–H groups in total. The fourth-order valence-electron chi connectivity index (χ4n) is 3.38. The van der Waals surface area contributed by atoms with E-state index >= 15 is 0 Å². The average molecular weight is 328 g/mol. The van der Waals surface area contributed by atoms with Crippen LogP contribution in [0.4, 0.5) is 0 Å². The molecule has 126 valence electrons. The summed E-state index contributed by atoms with van der Waals surface area (Å²) in [6.07, 6.45) is 5.16. The van der Waals surface area contributed by atoms with Gasteiger partial charge >= 0.3 is 0 Å². The Morgan fingerprint density at radius 2 is 2.08 bits per heavy atom. The summed E-state index contributed by atoms with van der Waals surface area (Å²) in [7, 11) is 0. The van der Waals surface area contributed by atoms with Gasteiger partial charge in [-0.15, -0.1) is 0 Å². The topological polar surface area (TPSA) is 72.8 Å². The molecule has 0 radical (unpaired) electrons. The van der Waals surface area contributed by atoms with Crippen molar-refractivity contribution in [3.63, 3.8) is 0 Å². The number of fused-ring (bicyclic) bond motifs is 3. The maximum absolute atomic E-state index is 12.7. The Kier molecular flexibility index (Phi) is 3.44. The van der Waals surface area contributed by atoms with Gasteiger partial charge in [-0.25, -0.2) is 4.68 Å². The van der Waals surface area contributed by atoms with Crippen molar-refractivity contribution < 1.29 is 9.21 Å². The molecule has 1 unspecified atom stereocenters. The van der Waals surface area contributed by atoms with Crippen molar-refractivity contribution in [3.8, 4) is 0 Å². The molecule has 1 saturated heterocycles. The summed E-state index contributed by atoms with van der Waals surface area (Å²) in [6.45, 7) is 5.44. The normalized spacial score (nSPS) is 17.7. The second kappa shape index (κ2) is 5.51. The first-order chi connectivity index (χ1) is 11.6. The van der Waals surface area contributed by atoms with E-state index in [1.165, 1.54) is 4.68 Å². The maximum atomic E-state index is 12.7. The van der Waals surface area contributed by atoms with Crippen molar-refractivity contribution in [1.29, 1.82) is 0 Å². The van der Waals surface area contributed by atoms with E-state index < -0.39 is 6.04 Å². The number of hydrogen-bond acceptors (Lipinski definition) is 4. The number of aromatic nitrogens is 3. The SMILES string of the molecule is CC1CCN(C(=O)C(C)n2ncn3c(cc4occc43)c2=O)CC1. The highest BCUT2D eigenvalue weighted by Crippen LogP contribution is 2.20. The molecule has 1 atom stereocenters. The van der Waals surface area contributed by atoms with E-state index in [4.69, 9.17) is 4.42 Å². The van der Waals surface area contributed by atoms with E-state index in [1.807, 2.05) is 4.90 Å². The molecule has 0 bridgehead atoms. The number of carbonyl (C=O) groups excluding carboxylic acids is 1. The Hall–Kier alpha value is -2.57. The molecular weight excluding hydrogens is 308 g/mol. The molecule has 0 aliphatic carbocycles. The lowest BCUT2D eigenvalue weighted by atomic mass is 9.99. The molecular formula is C17H20N4O3. The van der Waals surface area contributed by atoms with E-state index in [9.17, 15) is 9.59 Å². The lowest BCUT2D eigenvalue weighted by Crippen LogP contribution is -2.43. The minimum atomic E-state index is -0.614. The number of amides is 1. The molecule has 0 saturated carbocycles. The van der Waals surface area contributed by atoms with Crippen LogP contribution < -0.4 is 5.56 Å². The largest absolute Gasteiger partial charge is 0.463 e. The Morgan fingerprint density at radius 1 is 1.33 bits per heavy atom. The highest BCUT2D eigenvalue weighted by molar-refractivity contribution is 5.82. The first kappa shape index (κ1) is 15.0. The van der Waals surface area contributed by atoms with E-state index in [-0.39, 0.29) is 11.5 Å². The molecule has 0 spiro atoms. The lowest BCUT2D eigenvalue weighted by Gasteiger charge is -2.32. The fraction of sp³-hybridized carbons (Fsp3) is 0.471. The molecule has 1 aliphatic rings. The Labute approximate surface area is 138 Å². The van der Waals surface area contributed by atoms with E-state index in [2.05, 4.69) is 12.0 Å². The van der Waals surface area contributed by atoms with E-state index in [0.29, 0.717) is 17.0 Å². The quantitative estimate of drug-likeness (QED) is 0.722. The van der Waals surface area contributed by atoms with Crippen LogP contribution in [0.5, 0.6) is 0 Å². The molecule has 1 aliphatic heterocycles. The summed E-state index contributed by atoms with van der Waals surface area (Å²) in [5.74, 6) is 0.605. The van der Waals surface area contributed by atoms with Crippen LogP contribution in [-0.2, 0) is 4.79 Å². The molecule has 7 heteroatoms. The standard InChI is InChI=1S/C17H20N4O3/c1-11-3-6-19(7-4-11)16(22)12(2)21-17(23)14-9-15-13(5-8-24-15)20(14)10-18-21/h5,8-12H,3-4,6-7H2,1-2H3. The number of rotatable bonds is 2. The Balaban J connectivity index is 1.69. The van der Waals surface area contributed by atoms with Crippen molar-refractivity contribution in [2.75, 3.05) is 13.1 Å². The molecule has 24 heavy (non-hydrogen) atoms. The molecule has 7 nitrogen and oxygen atoms in total. The third-order valence-electron chi connectivity index (χ3n) is 5.00. The van der Waals surface area contributed by atoms with Crippen LogP contribution in [0.2, 0.25) is 0 Å². The van der Waals surface area contributed by atoms with Gasteiger partial charge in [0.15, 0.2) is 5.58 Å². The van der Waals surface area contributed by atoms with Gasteiger partial charge in [-0.2, -0.15) is 5.10 Å². The number of carbonyl (C=O) groups is 1. The highest BCUT2D eigenvalue weighted by Gasteiger charge is 2.27. The first-order valence-corrected chi connectivity index (χ1v) is 8.31. The molecule has 1 amide bonds. The number of nitrogens with zero attached hydrogens (tertiary/aromatic N) is 4. The Bertz CT molecular complexity index is 959. The first-order valence-electron chi connectivity index (χ1n) is 8.31. The van der Waals surface area contributed by atoms with E-state index in [1.54, 1.807) is 36.0 Å². The van der Waals surface area contributed by atoms with Crippen LogP contribution >= 0.6 is 0 Å². The summed E-state index contributed by atoms with van der Waals surface area (Å²) in [4.78, 5) is 27.3. The van der Waals surface area contributed by atoms with Crippen LogP contribution in [0.25, 0.3) is 16.6 Å².